The minimum Gasteiger partial charge on any atom is -0.229 e. The van der Waals surface area contributed by atoms with Crippen molar-refractivity contribution in [3.05, 3.63) is 4.91 Å². The van der Waals surface area contributed by atoms with Gasteiger partial charge in [0.15, 0.2) is 6.10 Å². The highest BCUT2D eigenvalue weighted by Gasteiger charge is 2.29. The summed E-state index contributed by atoms with van der Waals surface area (Å²) in [6.45, 7) is 0. The molecule has 0 aromatic carbocycles. The van der Waals surface area contributed by atoms with Gasteiger partial charge in [0.2, 0.25) is 12.0 Å². The van der Waals surface area contributed by atoms with Crippen LogP contribution in [0.15, 0.2) is 0 Å². The minimum atomic E-state index is 0.238. The Morgan fingerprint density at radius 1 is 1.71 bits per heavy atom. The zero-order valence-corrected chi connectivity index (χ0v) is 4.26. The lowest BCUT2D eigenvalue weighted by atomic mass is 10.9. The van der Waals surface area contributed by atoms with Crippen LogP contribution in [0.3, 0.4) is 0 Å². The van der Waals surface area contributed by atoms with Crippen molar-refractivity contribution in [1.82, 2.24) is 0 Å². The zero-order chi connectivity index (χ0) is 5.28. The zero-order valence-electron chi connectivity index (χ0n) is 4.26. The maximum Gasteiger partial charge on any atom is 0.239 e. The van der Waals surface area contributed by atoms with E-state index in [2.05, 4.69) is 4.84 Å². The predicted molar refractivity (Wildman–Crippen MR) is 23.7 cm³/mol. The Balaban J connectivity index is 2.08. The van der Waals surface area contributed by atoms with E-state index in [9.17, 15) is 4.91 Å². The van der Waals surface area contributed by atoms with Crippen LogP contribution in [-0.4, -0.2) is 18.1 Å². The molecule has 3 nitrogen and oxygen atoms in total. The quantitative estimate of drug-likeness (QED) is 0.475. The van der Waals surface area contributed by atoms with Crippen LogP contribution in [0, 0.1) is 4.91 Å². The molecule has 1 saturated carbocycles. The van der Waals surface area contributed by atoms with Gasteiger partial charge in [-0.05, 0) is 12.8 Å². The lowest BCUT2D eigenvalue weighted by Crippen LogP contribution is -2.03. The van der Waals surface area contributed by atoms with Gasteiger partial charge in [-0.2, -0.15) is 0 Å². The van der Waals surface area contributed by atoms with Crippen molar-refractivity contribution in [3.8, 4) is 0 Å². The third kappa shape index (κ3) is 1.52. The average molecular weight is 102 g/mol. The largest absolute Gasteiger partial charge is 0.239 e. The molecular formula is C4H8NO2+. The van der Waals surface area contributed by atoms with Crippen molar-refractivity contribution in [2.24, 2.45) is 0 Å². The van der Waals surface area contributed by atoms with Gasteiger partial charge < -0.3 is 0 Å². The fourth-order valence-corrected chi connectivity index (χ4v) is 0.383. The molecule has 0 bridgehead atoms. The number of nitrogens with zero attached hydrogens (tertiary/aromatic N) is 1. The SMILES string of the molecule is C[N+](=O)OC1CC1. The topological polar surface area (TPSA) is 29.3 Å². The molecule has 7 heavy (non-hydrogen) atoms. The standard InChI is InChI=1S/C4H8NO2/c1-5(6)7-4-2-3-4/h4H,2-3H2,1H3/q+1. The van der Waals surface area contributed by atoms with Gasteiger partial charge in [0.25, 0.3) is 0 Å². The second-order valence-corrected chi connectivity index (χ2v) is 1.74. The fraction of sp³-hybridized carbons (Fsp3) is 1.00. The number of hydrogen-bond donors (Lipinski definition) is 0. The molecule has 0 atom stereocenters. The Morgan fingerprint density at radius 3 is 2.43 bits per heavy atom. The van der Waals surface area contributed by atoms with Crippen LogP contribution < -0.4 is 0 Å². The molecule has 1 aliphatic carbocycles. The summed E-state index contributed by atoms with van der Waals surface area (Å²) in [5.74, 6) is 0. The van der Waals surface area contributed by atoms with Gasteiger partial charge in [-0.25, -0.2) is 4.84 Å². The fourth-order valence-electron chi connectivity index (χ4n) is 0.383. The van der Waals surface area contributed by atoms with Crippen molar-refractivity contribution >= 4 is 0 Å². The molecule has 0 radical (unpaired) electrons. The smallest absolute Gasteiger partial charge is 0.229 e. The number of hydrogen-bond acceptors (Lipinski definition) is 2. The molecule has 3 heteroatoms. The van der Waals surface area contributed by atoms with Crippen molar-refractivity contribution in [2.45, 2.75) is 18.9 Å². The molecule has 0 spiro atoms. The van der Waals surface area contributed by atoms with Gasteiger partial charge in [0, 0.05) is 0 Å². The van der Waals surface area contributed by atoms with E-state index < -0.39 is 0 Å². The van der Waals surface area contributed by atoms with Gasteiger partial charge in [0.1, 0.15) is 0 Å². The van der Waals surface area contributed by atoms with E-state index in [0.29, 0.717) is 4.92 Å². The molecular weight excluding hydrogens is 94.0 g/mol. The van der Waals surface area contributed by atoms with Crippen LogP contribution in [-0.2, 0) is 4.84 Å². The first-order chi connectivity index (χ1) is 3.29. The molecule has 0 unspecified atom stereocenters. The average Bonchev–Trinajstić information content (AvgIpc) is 2.17. The molecule has 0 amide bonds. The molecule has 0 saturated heterocycles. The molecule has 1 rings (SSSR count). The van der Waals surface area contributed by atoms with E-state index in [1.54, 1.807) is 0 Å². The second-order valence-electron chi connectivity index (χ2n) is 1.74. The molecule has 1 aliphatic rings. The van der Waals surface area contributed by atoms with Crippen LogP contribution in [0.2, 0.25) is 0 Å². The maximum atomic E-state index is 9.99. The van der Waals surface area contributed by atoms with Gasteiger partial charge in [-0.15, -0.1) is 0 Å². The van der Waals surface area contributed by atoms with Crippen LogP contribution in [0.1, 0.15) is 12.8 Å². The molecule has 0 N–H and O–H groups in total. The summed E-state index contributed by atoms with van der Waals surface area (Å²) in [5, 5.41) is 0. The maximum absolute atomic E-state index is 9.99. The molecule has 40 valence electrons. The van der Waals surface area contributed by atoms with E-state index in [1.807, 2.05) is 0 Å². The number of rotatable bonds is 2. The summed E-state index contributed by atoms with van der Waals surface area (Å²) in [6.07, 6.45) is 2.33. The third-order valence-corrected chi connectivity index (χ3v) is 0.822. The first-order valence-corrected chi connectivity index (χ1v) is 2.36. The monoisotopic (exact) mass is 102 g/mol. The first-order valence-electron chi connectivity index (χ1n) is 2.36. The Morgan fingerprint density at radius 2 is 2.29 bits per heavy atom. The van der Waals surface area contributed by atoms with Crippen molar-refractivity contribution in [1.29, 1.82) is 0 Å². The van der Waals surface area contributed by atoms with Crippen molar-refractivity contribution in [2.75, 3.05) is 7.05 Å². The van der Waals surface area contributed by atoms with Gasteiger partial charge in [0.05, 0.1) is 4.91 Å². The van der Waals surface area contributed by atoms with Crippen molar-refractivity contribution < 1.29 is 9.76 Å². The van der Waals surface area contributed by atoms with Crippen LogP contribution >= 0.6 is 0 Å². The first kappa shape index (κ1) is 4.56. The Labute approximate surface area is 41.8 Å². The summed E-state index contributed by atoms with van der Waals surface area (Å²) in [4.78, 5) is 15.1. The van der Waals surface area contributed by atoms with E-state index in [-0.39, 0.29) is 6.10 Å². The van der Waals surface area contributed by atoms with Crippen molar-refractivity contribution in [3.63, 3.8) is 0 Å². The highest BCUT2D eigenvalue weighted by atomic mass is 16.8. The predicted octanol–water partition coefficient (Wildman–Crippen LogP) is 0.489. The van der Waals surface area contributed by atoms with E-state index in [4.69, 9.17) is 0 Å². The summed E-state index contributed by atoms with van der Waals surface area (Å²) in [7, 11) is 1.36. The summed E-state index contributed by atoms with van der Waals surface area (Å²) in [5.41, 5.74) is 0. The molecule has 0 aromatic heterocycles. The Kier molecular flexibility index (Phi) is 0.964. The van der Waals surface area contributed by atoms with Gasteiger partial charge in [-0.1, -0.05) is 0 Å². The van der Waals surface area contributed by atoms with E-state index >= 15 is 0 Å². The third-order valence-electron chi connectivity index (χ3n) is 0.822. The molecule has 1 fully saturated rings. The van der Waals surface area contributed by atoms with Crippen LogP contribution in [0.25, 0.3) is 0 Å². The Bertz CT molecular complexity index is 87.7. The molecule has 0 aromatic rings. The molecule has 0 aliphatic heterocycles. The van der Waals surface area contributed by atoms with Gasteiger partial charge in [-0.3, -0.25) is 0 Å². The van der Waals surface area contributed by atoms with Crippen LogP contribution in [0.4, 0.5) is 0 Å². The highest BCUT2D eigenvalue weighted by Crippen LogP contribution is 2.22. The van der Waals surface area contributed by atoms with Crippen LogP contribution in [0.5, 0.6) is 0 Å². The van der Waals surface area contributed by atoms with E-state index in [0.717, 1.165) is 12.8 Å². The summed E-state index contributed by atoms with van der Waals surface area (Å²) in [6, 6.07) is 0. The normalized spacial score (nSPS) is 19.0. The minimum absolute atomic E-state index is 0.238. The molecule has 0 heterocycles. The lowest BCUT2D eigenvalue weighted by Gasteiger charge is -1.81. The highest BCUT2D eigenvalue weighted by molar-refractivity contribution is 4.70. The van der Waals surface area contributed by atoms with Gasteiger partial charge >= 0.3 is 0 Å². The Hall–Kier alpha value is -0.600. The summed E-state index contributed by atoms with van der Waals surface area (Å²) < 4.78 is 0. The second kappa shape index (κ2) is 1.48. The lowest BCUT2D eigenvalue weighted by molar-refractivity contribution is -0.788. The van der Waals surface area contributed by atoms with E-state index in [1.165, 1.54) is 7.05 Å². The summed E-state index contributed by atoms with van der Waals surface area (Å²) >= 11 is 0.